The quantitative estimate of drug-likeness (QED) is 0.343. The Hall–Kier alpha value is -3.95. The first kappa shape index (κ1) is 23.8. The molecule has 0 radical (unpaired) electrons. The highest BCUT2D eigenvalue weighted by Gasteiger charge is 2.28. The molecule has 3 aromatic carbocycles. The van der Waals surface area contributed by atoms with Crippen molar-refractivity contribution in [1.29, 1.82) is 0 Å². The summed E-state index contributed by atoms with van der Waals surface area (Å²) in [5.74, 6) is -1.00. The Balaban J connectivity index is 1.59. The van der Waals surface area contributed by atoms with Crippen LogP contribution in [0, 0.1) is 0 Å². The van der Waals surface area contributed by atoms with Crippen molar-refractivity contribution in [3.63, 3.8) is 0 Å². The molecule has 8 nitrogen and oxygen atoms in total. The van der Waals surface area contributed by atoms with Gasteiger partial charge in [0.15, 0.2) is 5.69 Å². The van der Waals surface area contributed by atoms with Crippen molar-refractivity contribution in [3.05, 3.63) is 88.1 Å². The van der Waals surface area contributed by atoms with Crippen molar-refractivity contribution >= 4 is 45.6 Å². The predicted octanol–water partition coefficient (Wildman–Crippen LogP) is 3.96. The minimum absolute atomic E-state index is 0.208. The fourth-order valence-electron chi connectivity index (χ4n) is 4.40. The third-order valence-electron chi connectivity index (χ3n) is 6.13. The van der Waals surface area contributed by atoms with Gasteiger partial charge in [0.05, 0.1) is 22.0 Å². The van der Waals surface area contributed by atoms with Crippen molar-refractivity contribution in [1.82, 2.24) is 9.78 Å². The lowest BCUT2D eigenvalue weighted by atomic mass is 9.88. The van der Waals surface area contributed by atoms with Gasteiger partial charge in [-0.1, -0.05) is 17.7 Å². The lowest BCUT2D eigenvalue weighted by molar-refractivity contribution is 0.0992. The number of anilines is 2. The zero-order valence-electron chi connectivity index (χ0n) is 19.2. The third-order valence-corrected chi connectivity index (χ3v) is 7.40. The van der Waals surface area contributed by atoms with Crippen LogP contribution in [0.15, 0.2) is 65.6 Å². The van der Waals surface area contributed by atoms with Crippen LogP contribution in [0.25, 0.3) is 16.9 Å². The molecule has 1 unspecified atom stereocenters. The van der Waals surface area contributed by atoms with Gasteiger partial charge < -0.3 is 16.8 Å². The number of carbonyl (C=O) groups excluding carboxylic acids is 2. The summed E-state index contributed by atoms with van der Waals surface area (Å²) in [6.07, 6.45) is 2.90. The molecule has 0 spiro atoms. The van der Waals surface area contributed by atoms with Crippen LogP contribution in [0.1, 0.15) is 32.0 Å². The summed E-state index contributed by atoms with van der Waals surface area (Å²) in [4.78, 5) is 25.8. The number of nitrogens with zero attached hydrogens (tertiary/aromatic N) is 2. The number of benzene rings is 3. The molecule has 1 atom stereocenters. The van der Waals surface area contributed by atoms with Gasteiger partial charge in [-0.3, -0.25) is 13.8 Å². The average molecular weight is 520 g/mol. The highest BCUT2D eigenvalue weighted by molar-refractivity contribution is 7.84. The van der Waals surface area contributed by atoms with E-state index in [1.165, 1.54) is 6.07 Å². The van der Waals surface area contributed by atoms with Gasteiger partial charge >= 0.3 is 0 Å². The molecule has 182 valence electrons. The first-order valence-electron chi connectivity index (χ1n) is 11.1. The minimum atomic E-state index is -1.12. The van der Waals surface area contributed by atoms with E-state index in [2.05, 4.69) is 10.4 Å². The molecule has 0 saturated heterocycles. The number of aryl methyl sites for hydroxylation is 1. The lowest BCUT2D eigenvalue weighted by Crippen LogP contribution is -2.16. The van der Waals surface area contributed by atoms with Crippen LogP contribution in [-0.4, -0.2) is 32.1 Å². The molecule has 1 heterocycles. The van der Waals surface area contributed by atoms with E-state index in [-0.39, 0.29) is 11.3 Å². The number of nitrogens with two attached hydrogens (primary N) is 2. The normalized spacial score (nSPS) is 12.9. The molecule has 1 aliphatic carbocycles. The van der Waals surface area contributed by atoms with E-state index in [0.717, 1.165) is 22.4 Å². The molecule has 0 aliphatic heterocycles. The second kappa shape index (κ2) is 9.25. The second-order valence-corrected chi connectivity index (χ2v) is 10.3. The molecule has 36 heavy (non-hydrogen) atoms. The van der Waals surface area contributed by atoms with Gasteiger partial charge in [0.25, 0.3) is 11.8 Å². The molecule has 5 N–H and O–H groups in total. The Kier molecular flexibility index (Phi) is 6.11. The summed E-state index contributed by atoms with van der Waals surface area (Å²) in [6, 6.07) is 17.5. The standard InChI is InChI=1S/C26H22ClN5O3S/c1-36(35)18-8-6-17(7-9-18)32-24-19(23(31-32)25(29)33)10-3-14-2-5-16(13-20(14)24)30-26(34)21-12-15(28)4-11-22(21)27/h2,4-9,11-13H,3,10,28H2,1H3,(H2,29,33)(H,30,34). The van der Waals surface area contributed by atoms with Crippen molar-refractivity contribution in [3.8, 4) is 16.9 Å². The highest BCUT2D eigenvalue weighted by Crippen LogP contribution is 2.38. The van der Waals surface area contributed by atoms with Crippen molar-refractivity contribution < 1.29 is 13.8 Å². The minimum Gasteiger partial charge on any atom is -0.399 e. The van der Waals surface area contributed by atoms with Crippen LogP contribution in [0.3, 0.4) is 0 Å². The monoisotopic (exact) mass is 519 g/mol. The number of nitrogens with one attached hydrogen (secondary N) is 1. The fraction of sp³-hybridized carbons (Fsp3) is 0.115. The Bertz CT molecular complexity index is 1560. The van der Waals surface area contributed by atoms with E-state index in [1.54, 1.807) is 47.3 Å². The Morgan fingerprint density at radius 1 is 1.06 bits per heavy atom. The SMILES string of the molecule is CS(=O)c1ccc(-n2nc(C(N)=O)c3c2-c2cc(NC(=O)c4cc(N)ccc4Cl)ccc2CC3)cc1. The van der Waals surface area contributed by atoms with Crippen molar-refractivity contribution in [2.45, 2.75) is 17.7 Å². The van der Waals surface area contributed by atoms with E-state index in [1.807, 2.05) is 18.2 Å². The number of aromatic nitrogens is 2. The van der Waals surface area contributed by atoms with Gasteiger partial charge in [-0.15, -0.1) is 0 Å². The van der Waals surface area contributed by atoms with Crippen LogP contribution in [0.4, 0.5) is 11.4 Å². The zero-order chi connectivity index (χ0) is 25.6. The Labute approximate surface area is 214 Å². The van der Waals surface area contributed by atoms with E-state index >= 15 is 0 Å². The van der Waals surface area contributed by atoms with Crippen LogP contribution < -0.4 is 16.8 Å². The number of hydrogen-bond donors (Lipinski definition) is 3. The number of carbonyl (C=O) groups is 2. The fourth-order valence-corrected chi connectivity index (χ4v) is 5.12. The van der Waals surface area contributed by atoms with Crippen molar-refractivity contribution in [2.24, 2.45) is 5.73 Å². The zero-order valence-corrected chi connectivity index (χ0v) is 20.8. The van der Waals surface area contributed by atoms with Gasteiger partial charge in [-0.05, 0) is 73.0 Å². The highest BCUT2D eigenvalue weighted by atomic mass is 35.5. The lowest BCUT2D eigenvalue weighted by Gasteiger charge is -2.20. The Morgan fingerprint density at radius 3 is 2.50 bits per heavy atom. The van der Waals surface area contributed by atoms with Gasteiger partial charge in [-0.2, -0.15) is 5.10 Å². The predicted molar refractivity (Wildman–Crippen MR) is 141 cm³/mol. The smallest absolute Gasteiger partial charge is 0.269 e. The maximum absolute atomic E-state index is 12.9. The van der Waals surface area contributed by atoms with Crippen molar-refractivity contribution in [2.75, 3.05) is 17.3 Å². The van der Waals surface area contributed by atoms with Gasteiger partial charge in [-0.25, -0.2) is 4.68 Å². The van der Waals surface area contributed by atoms with Gasteiger partial charge in [0.2, 0.25) is 0 Å². The number of hydrogen-bond acceptors (Lipinski definition) is 5. The van der Waals surface area contributed by atoms with E-state index in [4.69, 9.17) is 23.1 Å². The summed E-state index contributed by atoms with van der Waals surface area (Å²) >= 11 is 6.20. The Morgan fingerprint density at radius 2 is 1.81 bits per heavy atom. The molecular formula is C26H22ClN5O3S. The molecule has 10 heteroatoms. The van der Waals surface area contributed by atoms with Crippen LogP contribution >= 0.6 is 11.6 Å². The maximum Gasteiger partial charge on any atom is 0.269 e. The first-order chi connectivity index (χ1) is 17.2. The largest absolute Gasteiger partial charge is 0.399 e. The van der Waals surface area contributed by atoms with Crippen LogP contribution in [0.5, 0.6) is 0 Å². The molecule has 5 rings (SSSR count). The number of halogens is 1. The third kappa shape index (κ3) is 4.27. The molecule has 0 saturated carbocycles. The van der Waals surface area contributed by atoms with Crippen LogP contribution in [0.2, 0.25) is 5.02 Å². The number of fused-ring (bicyclic) bond motifs is 3. The van der Waals surface area contributed by atoms with E-state index in [0.29, 0.717) is 39.8 Å². The number of primary amides is 1. The number of rotatable bonds is 5. The second-order valence-electron chi connectivity index (χ2n) is 8.47. The summed E-state index contributed by atoms with van der Waals surface area (Å²) < 4.78 is 13.5. The number of amides is 2. The molecule has 0 fully saturated rings. The first-order valence-corrected chi connectivity index (χ1v) is 13.0. The summed E-state index contributed by atoms with van der Waals surface area (Å²) in [6.45, 7) is 0. The van der Waals surface area contributed by atoms with Crippen LogP contribution in [-0.2, 0) is 23.6 Å². The van der Waals surface area contributed by atoms with E-state index < -0.39 is 22.6 Å². The van der Waals surface area contributed by atoms with Gasteiger partial charge in [0.1, 0.15) is 0 Å². The average Bonchev–Trinajstić information content (AvgIpc) is 3.26. The summed E-state index contributed by atoms with van der Waals surface area (Å²) in [7, 11) is -1.12. The van der Waals surface area contributed by atoms with Gasteiger partial charge in [0, 0.05) is 44.5 Å². The molecule has 4 aromatic rings. The molecule has 0 bridgehead atoms. The molecule has 1 aromatic heterocycles. The molecule has 2 amide bonds. The topological polar surface area (TPSA) is 133 Å². The maximum atomic E-state index is 12.9. The summed E-state index contributed by atoms with van der Waals surface area (Å²) in [5.41, 5.74) is 17.0. The number of nitrogen functional groups attached to an aromatic ring is 1. The molecule has 1 aliphatic rings. The summed E-state index contributed by atoms with van der Waals surface area (Å²) in [5, 5.41) is 7.72. The van der Waals surface area contributed by atoms with E-state index in [9.17, 15) is 13.8 Å². The molecular weight excluding hydrogens is 498 g/mol.